The predicted molar refractivity (Wildman–Crippen MR) is 73.1 cm³/mol. The molecule has 133 valence electrons. The van der Waals surface area contributed by atoms with Crippen LogP contribution in [0.4, 0.5) is 0 Å². The summed E-state index contributed by atoms with van der Waals surface area (Å²) >= 11 is 1.06. The molecular formula is C12H13Cl2NaO9V+2. The zero-order valence-electron chi connectivity index (χ0n) is 12.8. The second-order valence-electron chi connectivity index (χ2n) is 3.51. The van der Waals surface area contributed by atoms with Gasteiger partial charge >= 0.3 is 50.6 Å². The number of aliphatic hydroxyl groups excluding tert-OH is 2. The summed E-state index contributed by atoms with van der Waals surface area (Å²) in [5.74, 6) is -0.611. The van der Waals surface area contributed by atoms with Gasteiger partial charge in [-0.05, 0) is 0 Å². The third-order valence-electron chi connectivity index (χ3n) is 2.04. The summed E-state index contributed by atoms with van der Waals surface area (Å²) in [6.07, 6.45) is 1.79. The van der Waals surface area contributed by atoms with Crippen LogP contribution < -0.4 is 52.8 Å². The van der Waals surface area contributed by atoms with Gasteiger partial charge in [0.25, 0.3) is 0 Å². The number of halogens is 2. The van der Waals surface area contributed by atoms with E-state index in [-0.39, 0.29) is 79.1 Å². The van der Waals surface area contributed by atoms with E-state index >= 15 is 0 Å². The van der Waals surface area contributed by atoms with Crippen molar-refractivity contribution in [2.24, 2.45) is 0 Å². The molecule has 9 nitrogen and oxygen atoms in total. The third-order valence-corrected chi connectivity index (χ3v) is 2.04. The molecule has 0 saturated carbocycles. The van der Waals surface area contributed by atoms with E-state index in [1.165, 1.54) is 0 Å². The first-order valence-electron chi connectivity index (χ1n) is 5.49. The average Bonchev–Trinajstić information content (AvgIpc) is 2.55. The Kier molecular flexibility index (Phi) is 23.3. The van der Waals surface area contributed by atoms with Gasteiger partial charge in [0.1, 0.15) is 37.3 Å². The summed E-state index contributed by atoms with van der Waals surface area (Å²) in [6, 6.07) is 2.07. The molecule has 0 atom stereocenters. The number of hydrogen-bond donors (Lipinski definition) is 4. The predicted octanol–water partition coefficient (Wildman–Crippen LogP) is -6.02. The zero-order chi connectivity index (χ0) is 17.1. The fraction of sp³-hybridized carbons (Fsp3) is 0.167. The van der Waals surface area contributed by atoms with Gasteiger partial charge in [0.2, 0.25) is 10.9 Å². The first kappa shape index (κ1) is 32.1. The Balaban J connectivity index is -0.000000145. The summed E-state index contributed by atoms with van der Waals surface area (Å²) in [4.78, 5) is 21.2. The molecule has 0 aliphatic carbocycles. The maximum atomic E-state index is 10.6. The van der Waals surface area contributed by atoms with Crippen molar-refractivity contribution in [1.82, 2.24) is 0 Å². The van der Waals surface area contributed by atoms with Crippen molar-refractivity contribution in [2.45, 2.75) is 13.2 Å². The molecule has 0 amide bonds. The molecule has 0 spiro atoms. The first-order valence-corrected chi connectivity index (χ1v) is 6.06. The van der Waals surface area contributed by atoms with E-state index in [2.05, 4.69) is 8.83 Å². The standard InChI is InChI=1S/2C6H6O4.2ClH.Na.O.V/c2*7-2-4-1-5(8)6(9)3-10-4;;;;;/h2*1,3,7,9H,2H2;2*1H;;;/q;;;;+1;;+2/p-1. The molecule has 0 aliphatic heterocycles. The van der Waals surface area contributed by atoms with Gasteiger partial charge in [0.05, 0.1) is 0 Å². The number of aromatic hydroxyl groups is 2. The fourth-order valence-electron chi connectivity index (χ4n) is 1.05. The Hall–Kier alpha value is -0.616. The van der Waals surface area contributed by atoms with Crippen LogP contribution in [0.5, 0.6) is 11.5 Å². The monoisotopic (exact) mass is 445 g/mol. The van der Waals surface area contributed by atoms with Gasteiger partial charge in [-0.3, -0.25) is 9.59 Å². The maximum absolute atomic E-state index is 10.6. The second-order valence-corrected chi connectivity index (χ2v) is 3.51. The molecule has 0 unspecified atom stereocenters. The van der Waals surface area contributed by atoms with Crippen molar-refractivity contribution >= 4 is 12.4 Å². The quantitative estimate of drug-likeness (QED) is 0.330. The Labute approximate surface area is 185 Å². The summed E-state index contributed by atoms with van der Waals surface area (Å²) in [5.41, 5.74) is -1.09. The normalized spacial score (nSPS) is 8.00. The molecule has 0 aliphatic rings. The van der Waals surface area contributed by atoms with Crippen LogP contribution in [0.1, 0.15) is 11.5 Å². The minimum atomic E-state index is -0.546. The van der Waals surface area contributed by atoms with Crippen molar-refractivity contribution in [3.63, 3.8) is 0 Å². The molecule has 0 aromatic carbocycles. The van der Waals surface area contributed by atoms with Crippen LogP contribution in [0, 0.1) is 0 Å². The van der Waals surface area contributed by atoms with Crippen LogP contribution in [0.3, 0.4) is 0 Å². The molecule has 4 N–H and O–H groups in total. The van der Waals surface area contributed by atoms with Gasteiger partial charge in [0, 0.05) is 12.1 Å². The van der Waals surface area contributed by atoms with Gasteiger partial charge in [-0.2, -0.15) is 0 Å². The second kappa shape index (κ2) is 18.2. The number of hydrogen-bond acceptors (Lipinski definition) is 9. The Bertz CT molecular complexity index is 648. The van der Waals surface area contributed by atoms with Gasteiger partial charge < -0.3 is 41.7 Å². The molecule has 0 bridgehead atoms. The van der Waals surface area contributed by atoms with Crippen LogP contribution in [0.2, 0.25) is 0 Å². The topological polar surface area (TPSA) is 158 Å². The summed E-state index contributed by atoms with van der Waals surface area (Å²) in [7, 11) is 0. The van der Waals surface area contributed by atoms with Gasteiger partial charge in [-0.25, -0.2) is 0 Å². The van der Waals surface area contributed by atoms with Crippen LogP contribution in [-0.2, 0) is 34.3 Å². The summed E-state index contributed by atoms with van der Waals surface area (Å²) < 4.78 is 17.4. The van der Waals surface area contributed by atoms with Crippen molar-refractivity contribution in [2.75, 3.05) is 0 Å². The van der Waals surface area contributed by atoms with Crippen LogP contribution in [0.25, 0.3) is 0 Å². The van der Waals surface area contributed by atoms with Crippen molar-refractivity contribution in [3.8, 4) is 11.5 Å². The van der Waals surface area contributed by atoms with E-state index in [4.69, 9.17) is 24.1 Å². The fourth-order valence-corrected chi connectivity index (χ4v) is 1.05. The molecule has 0 saturated heterocycles. The molecule has 25 heavy (non-hydrogen) atoms. The molecule has 2 aromatic rings. The first-order chi connectivity index (χ1) is 10.5. The summed E-state index contributed by atoms with van der Waals surface area (Å²) in [5, 5.41) is 34.2. The van der Waals surface area contributed by atoms with Crippen molar-refractivity contribution in [1.29, 1.82) is 0 Å². The van der Waals surface area contributed by atoms with Crippen LogP contribution >= 0.6 is 12.4 Å². The van der Waals surface area contributed by atoms with E-state index in [1.54, 1.807) is 0 Å². The van der Waals surface area contributed by atoms with Crippen molar-refractivity contribution in [3.05, 3.63) is 56.6 Å². The third kappa shape index (κ3) is 12.4. The average molecular weight is 446 g/mol. The molecule has 2 rings (SSSR count). The van der Waals surface area contributed by atoms with Gasteiger partial charge in [-0.1, -0.05) is 0 Å². The van der Waals surface area contributed by atoms with E-state index in [0.717, 1.165) is 42.0 Å². The van der Waals surface area contributed by atoms with Gasteiger partial charge in [-0.15, -0.1) is 12.4 Å². The number of rotatable bonds is 2. The van der Waals surface area contributed by atoms with Crippen molar-refractivity contribution < 1.29 is 92.3 Å². The molecule has 2 aromatic heterocycles. The van der Waals surface area contributed by atoms with Crippen LogP contribution in [0.15, 0.2) is 43.1 Å². The molecule has 2 heterocycles. The van der Waals surface area contributed by atoms with E-state index in [0.29, 0.717) is 0 Å². The number of aliphatic hydroxyl groups is 2. The van der Waals surface area contributed by atoms with Gasteiger partial charge in [0.15, 0.2) is 11.5 Å². The van der Waals surface area contributed by atoms with E-state index in [9.17, 15) is 9.59 Å². The Morgan fingerprint density at radius 1 is 0.840 bits per heavy atom. The molecule has 0 fully saturated rings. The van der Waals surface area contributed by atoms with E-state index in [1.807, 2.05) is 0 Å². The molecular weight excluding hydrogens is 433 g/mol. The molecule has 13 heteroatoms. The minimum absolute atomic E-state index is 0. The molecule has 0 radical (unpaired) electrons. The Morgan fingerprint density at radius 3 is 1.32 bits per heavy atom. The van der Waals surface area contributed by atoms with E-state index < -0.39 is 22.4 Å². The van der Waals surface area contributed by atoms with Crippen LogP contribution in [-0.4, -0.2) is 20.4 Å². The summed E-state index contributed by atoms with van der Waals surface area (Å²) in [6.45, 7) is -0.676. The Morgan fingerprint density at radius 2 is 1.12 bits per heavy atom. The SMILES string of the molecule is Cl.O=c1cc(CO)occ1O.O=c1cc(CO)occ1O.[Cl-].[Na+].[O]=[V+2]. The zero-order valence-corrected chi connectivity index (χ0v) is 17.8.